The van der Waals surface area contributed by atoms with E-state index in [1.165, 1.54) is 148 Å². The second-order valence-corrected chi connectivity index (χ2v) is 12.3. The van der Waals surface area contributed by atoms with Gasteiger partial charge in [0.1, 0.15) is 0 Å². The van der Waals surface area contributed by atoms with E-state index in [-0.39, 0.29) is 0 Å². The van der Waals surface area contributed by atoms with Crippen LogP contribution in [0.4, 0.5) is 0 Å². The van der Waals surface area contributed by atoms with Gasteiger partial charge in [0, 0.05) is 12.6 Å². The van der Waals surface area contributed by atoms with E-state index in [0.29, 0.717) is 24.4 Å². The Hall–Kier alpha value is -0.640. The van der Waals surface area contributed by atoms with Gasteiger partial charge in [0.15, 0.2) is 0 Å². The van der Waals surface area contributed by atoms with E-state index in [2.05, 4.69) is 29.2 Å². The number of nitrogens with zero attached hydrogens (tertiary/aromatic N) is 1. The minimum absolute atomic E-state index is 0.308. The summed E-state index contributed by atoms with van der Waals surface area (Å²) in [5.74, 6) is 0.795. The van der Waals surface area contributed by atoms with Crippen molar-refractivity contribution < 1.29 is 9.47 Å². The van der Waals surface area contributed by atoms with E-state index in [9.17, 15) is 0 Å². The molecule has 36 heavy (non-hydrogen) atoms. The van der Waals surface area contributed by atoms with E-state index < -0.39 is 0 Å². The highest BCUT2D eigenvalue weighted by Gasteiger charge is 2.27. The first-order valence-electron chi connectivity index (χ1n) is 16.2. The molecular weight excluding hydrogens is 442 g/mol. The summed E-state index contributed by atoms with van der Waals surface area (Å²) in [4.78, 5) is 2.76. The van der Waals surface area contributed by atoms with Crippen LogP contribution in [0.25, 0.3) is 0 Å². The Balaban J connectivity index is 1.33. The Labute approximate surface area is 223 Å². The van der Waals surface area contributed by atoms with Crippen LogP contribution >= 0.6 is 0 Å². The molecule has 3 heterocycles. The van der Waals surface area contributed by atoms with Gasteiger partial charge in [0.2, 0.25) is 0 Å². The van der Waals surface area contributed by atoms with Gasteiger partial charge < -0.3 is 9.47 Å². The van der Waals surface area contributed by atoms with E-state index in [4.69, 9.17) is 9.47 Å². The molecule has 0 aromatic carbocycles. The summed E-state index contributed by atoms with van der Waals surface area (Å²) in [6.07, 6.45) is 38.9. The summed E-state index contributed by atoms with van der Waals surface area (Å²) >= 11 is 0. The van der Waals surface area contributed by atoms with Gasteiger partial charge in [-0.05, 0) is 102 Å². The highest BCUT2D eigenvalue weighted by atomic mass is 16.5. The molecule has 3 fully saturated rings. The molecule has 3 aliphatic heterocycles. The van der Waals surface area contributed by atoms with Crippen LogP contribution in [0.5, 0.6) is 0 Å². The summed E-state index contributed by atoms with van der Waals surface area (Å²) in [5, 5.41) is 0. The standard InChI is InChI=1S/C33H57NO2/c1-2-4-6-11-19-31(24-23-29-16-9-8-10-17-29)35-28-30-18-13-14-26-34(30)27-25-33-22-15-21-32(36-33)20-12-7-5-3-1/h1,3,23-24,29-33H,2,4-22,25-28H2/b3-1-,24-23?. The Kier molecular flexibility index (Phi) is 13.4. The highest BCUT2D eigenvalue weighted by Crippen LogP contribution is 2.28. The number of hydrogen-bond donors (Lipinski definition) is 0. The Morgan fingerprint density at radius 3 is 2.08 bits per heavy atom. The minimum atomic E-state index is 0.308. The van der Waals surface area contributed by atoms with E-state index in [1.54, 1.807) is 0 Å². The van der Waals surface area contributed by atoms with Gasteiger partial charge in [-0.2, -0.15) is 0 Å². The Bertz CT molecular complexity index is 625. The third-order valence-electron chi connectivity index (χ3n) is 9.35. The smallest absolute Gasteiger partial charge is 0.0756 e. The molecule has 0 radical (unpaired) electrons. The maximum atomic E-state index is 6.71. The van der Waals surface area contributed by atoms with Crippen molar-refractivity contribution in [2.45, 2.75) is 159 Å². The quantitative estimate of drug-likeness (QED) is 0.354. The minimum Gasteiger partial charge on any atom is -0.375 e. The lowest BCUT2D eigenvalue weighted by Gasteiger charge is -2.38. The van der Waals surface area contributed by atoms with Crippen molar-refractivity contribution >= 4 is 0 Å². The van der Waals surface area contributed by atoms with Crippen molar-refractivity contribution in [3.05, 3.63) is 24.3 Å². The number of allylic oxidation sites excluding steroid dienone is 3. The largest absolute Gasteiger partial charge is 0.375 e. The van der Waals surface area contributed by atoms with Crippen molar-refractivity contribution in [2.75, 3.05) is 19.7 Å². The van der Waals surface area contributed by atoms with Gasteiger partial charge in [0.25, 0.3) is 0 Å². The second-order valence-electron chi connectivity index (χ2n) is 12.3. The predicted molar refractivity (Wildman–Crippen MR) is 152 cm³/mol. The first-order valence-corrected chi connectivity index (χ1v) is 16.2. The summed E-state index contributed by atoms with van der Waals surface area (Å²) in [7, 11) is 0. The Morgan fingerprint density at radius 1 is 0.556 bits per heavy atom. The molecule has 0 amide bonds. The molecule has 4 atom stereocenters. The van der Waals surface area contributed by atoms with Gasteiger partial charge in [-0.15, -0.1) is 0 Å². The van der Waals surface area contributed by atoms with Crippen LogP contribution in [-0.4, -0.2) is 49.0 Å². The van der Waals surface area contributed by atoms with Crippen LogP contribution in [0.3, 0.4) is 0 Å². The first-order chi connectivity index (χ1) is 17.9. The van der Waals surface area contributed by atoms with Gasteiger partial charge >= 0.3 is 0 Å². The van der Waals surface area contributed by atoms with Crippen molar-refractivity contribution in [3.8, 4) is 0 Å². The number of ether oxygens (including phenoxy) is 2. The lowest BCUT2D eigenvalue weighted by atomic mass is 9.88. The lowest BCUT2D eigenvalue weighted by Crippen LogP contribution is -2.44. The summed E-state index contributed by atoms with van der Waals surface area (Å²) in [6.45, 7) is 3.36. The van der Waals surface area contributed by atoms with Gasteiger partial charge in [-0.1, -0.05) is 69.2 Å². The van der Waals surface area contributed by atoms with Gasteiger partial charge in [-0.3, -0.25) is 4.90 Å². The zero-order valence-electron chi connectivity index (χ0n) is 23.4. The molecule has 0 spiro atoms. The van der Waals surface area contributed by atoms with Gasteiger partial charge in [-0.25, -0.2) is 0 Å². The molecule has 3 nitrogen and oxygen atoms in total. The summed E-state index contributed by atoms with van der Waals surface area (Å²) < 4.78 is 13.3. The molecule has 2 saturated heterocycles. The molecule has 0 aromatic rings. The van der Waals surface area contributed by atoms with E-state index >= 15 is 0 Å². The molecule has 3 heteroatoms. The lowest BCUT2D eigenvalue weighted by molar-refractivity contribution is -0.0644. The molecular formula is C33H57NO2. The SMILES string of the molecule is C(=CC1CCCCC/C=C\CCCCC2CCCC(CCN3CCCCC3CO1)O2)C1CCCCC1. The monoisotopic (exact) mass is 499 g/mol. The maximum Gasteiger partial charge on any atom is 0.0756 e. The van der Waals surface area contributed by atoms with Crippen molar-refractivity contribution in [1.29, 1.82) is 0 Å². The zero-order valence-corrected chi connectivity index (χ0v) is 23.4. The van der Waals surface area contributed by atoms with Crippen LogP contribution in [0.1, 0.15) is 135 Å². The molecule has 0 N–H and O–H groups in total. The number of rotatable bonds is 2. The third kappa shape index (κ3) is 10.6. The topological polar surface area (TPSA) is 21.7 Å². The molecule has 4 unspecified atom stereocenters. The number of hydrogen-bond acceptors (Lipinski definition) is 3. The third-order valence-corrected chi connectivity index (χ3v) is 9.35. The molecule has 1 saturated carbocycles. The van der Waals surface area contributed by atoms with Crippen LogP contribution in [0, 0.1) is 5.92 Å². The average molecular weight is 500 g/mol. The van der Waals surface area contributed by atoms with E-state index in [0.717, 1.165) is 12.5 Å². The maximum absolute atomic E-state index is 6.71. The summed E-state index contributed by atoms with van der Waals surface area (Å²) in [6, 6.07) is 0.600. The molecule has 4 aliphatic rings. The molecule has 4 rings (SSSR count). The van der Waals surface area contributed by atoms with Crippen LogP contribution in [0.2, 0.25) is 0 Å². The highest BCUT2D eigenvalue weighted by molar-refractivity contribution is 4.95. The number of fused-ring (bicyclic) bond motifs is 3. The van der Waals surface area contributed by atoms with Crippen molar-refractivity contribution in [1.82, 2.24) is 4.90 Å². The van der Waals surface area contributed by atoms with Crippen molar-refractivity contribution in [3.63, 3.8) is 0 Å². The van der Waals surface area contributed by atoms with Crippen LogP contribution in [0.15, 0.2) is 24.3 Å². The van der Waals surface area contributed by atoms with Gasteiger partial charge in [0.05, 0.1) is 24.9 Å². The molecule has 206 valence electrons. The van der Waals surface area contributed by atoms with E-state index in [1.807, 2.05) is 0 Å². The molecule has 0 aromatic heterocycles. The fourth-order valence-electron chi connectivity index (χ4n) is 6.99. The Morgan fingerprint density at radius 2 is 1.22 bits per heavy atom. The molecule has 2 bridgehead atoms. The van der Waals surface area contributed by atoms with Crippen LogP contribution in [-0.2, 0) is 9.47 Å². The molecule has 1 aliphatic carbocycles. The first kappa shape index (κ1) is 28.4. The zero-order chi connectivity index (χ0) is 24.7. The summed E-state index contributed by atoms with van der Waals surface area (Å²) in [5.41, 5.74) is 0. The van der Waals surface area contributed by atoms with Crippen LogP contribution < -0.4 is 0 Å². The van der Waals surface area contributed by atoms with Crippen molar-refractivity contribution in [2.24, 2.45) is 5.92 Å². The fraction of sp³-hybridized carbons (Fsp3) is 0.879. The normalized spacial score (nSPS) is 35.0. The second kappa shape index (κ2) is 17.0. The number of piperidine rings is 1. The predicted octanol–water partition coefficient (Wildman–Crippen LogP) is 8.77. The fourth-order valence-corrected chi connectivity index (χ4v) is 6.99. The average Bonchev–Trinajstić information content (AvgIpc) is 2.92.